The number of imide groups is 1. The second-order valence-electron chi connectivity index (χ2n) is 4.66. The van der Waals surface area contributed by atoms with Crippen molar-refractivity contribution in [2.75, 3.05) is 0 Å². The van der Waals surface area contributed by atoms with E-state index in [0.717, 1.165) is 11.3 Å². The number of nitro groups is 1. The highest BCUT2D eigenvalue weighted by Gasteiger charge is 2.41. The molecule has 0 aliphatic carbocycles. The van der Waals surface area contributed by atoms with Crippen LogP contribution in [0.4, 0.5) is 5.00 Å². The van der Waals surface area contributed by atoms with Gasteiger partial charge in [0, 0.05) is 24.3 Å². The van der Waals surface area contributed by atoms with Crippen molar-refractivity contribution in [3.8, 4) is 0 Å². The van der Waals surface area contributed by atoms with Crippen molar-refractivity contribution >= 4 is 34.1 Å². The van der Waals surface area contributed by atoms with Gasteiger partial charge in [0.05, 0.1) is 22.6 Å². The monoisotopic (exact) mass is 295 g/mol. The van der Waals surface area contributed by atoms with Crippen LogP contribution in [0.1, 0.15) is 28.8 Å². The minimum atomic E-state index is -0.527. The van der Waals surface area contributed by atoms with Crippen LogP contribution in [-0.2, 0) is 16.1 Å². The second-order valence-corrected chi connectivity index (χ2v) is 5.51. The molecule has 2 aliphatic rings. The Hall–Kier alpha value is -2.29. The largest absolute Gasteiger partial charge is 0.330 e. The second kappa shape index (κ2) is 4.37. The summed E-state index contributed by atoms with van der Waals surface area (Å²) in [5.74, 6) is -1.21. The maximum Gasteiger partial charge on any atom is 0.329 e. The van der Waals surface area contributed by atoms with E-state index in [4.69, 9.17) is 0 Å². The summed E-state index contributed by atoms with van der Waals surface area (Å²) in [5.41, 5.74) is 0.684. The molecule has 1 saturated heterocycles. The van der Waals surface area contributed by atoms with Crippen LogP contribution in [0.3, 0.4) is 0 Å². The SMILES string of the molecule is O=C1CC(N2Cc3c(csc3[N+](=O)[O-])C2=O)CC(=O)N1. The van der Waals surface area contributed by atoms with Crippen LogP contribution in [0.5, 0.6) is 0 Å². The number of piperidine rings is 1. The van der Waals surface area contributed by atoms with Crippen molar-refractivity contribution in [3.05, 3.63) is 26.6 Å². The zero-order valence-electron chi connectivity index (χ0n) is 10.1. The topological polar surface area (TPSA) is 110 Å². The van der Waals surface area contributed by atoms with Crippen molar-refractivity contribution in [1.29, 1.82) is 0 Å². The fourth-order valence-corrected chi connectivity index (χ4v) is 3.40. The van der Waals surface area contributed by atoms with Gasteiger partial charge in [0.25, 0.3) is 5.91 Å². The summed E-state index contributed by atoms with van der Waals surface area (Å²) in [5, 5.41) is 14.5. The lowest BCUT2D eigenvalue weighted by Gasteiger charge is -2.29. The van der Waals surface area contributed by atoms with Crippen molar-refractivity contribution in [3.63, 3.8) is 0 Å². The lowest BCUT2D eigenvalue weighted by molar-refractivity contribution is -0.380. The summed E-state index contributed by atoms with van der Waals surface area (Å²) in [7, 11) is 0. The quantitative estimate of drug-likeness (QED) is 0.483. The fraction of sp³-hybridized carbons (Fsp3) is 0.364. The fourth-order valence-electron chi connectivity index (χ4n) is 2.53. The Bertz CT molecular complexity index is 636. The van der Waals surface area contributed by atoms with E-state index < -0.39 is 22.8 Å². The third-order valence-corrected chi connectivity index (χ3v) is 4.39. The predicted octanol–water partition coefficient (Wildman–Crippen LogP) is 0.417. The summed E-state index contributed by atoms with van der Waals surface area (Å²) in [4.78, 5) is 46.7. The molecule has 1 N–H and O–H groups in total. The van der Waals surface area contributed by atoms with E-state index >= 15 is 0 Å². The van der Waals surface area contributed by atoms with Crippen LogP contribution in [0.15, 0.2) is 5.38 Å². The molecular weight excluding hydrogens is 286 g/mol. The van der Waals surface area contributed by atoms with E-state index in [-0.39, 0.29) is 30.3 Å². The first-order chi connectivity index (χ1) is 9.47. The Morgan fingerprint density at radius 2 is 1.95 bits per heavy atom. The van der Waals surface area contributed by atoms with Gasteiger partial charge in [-0.1, -0.05) is 11.3 Å². The third kappa shape index (κ3) is 1.86. The molecule has 20 heavy (non-hydrogen) atoms. The predicted molar refractivity (Wildman–Crippen MR) is 67.0 cm³/mol. The van der Waals surface area contributed by atoms with E-state index in [1.54, 1.807) is 0 Å². The standard InChI is InChI=1S/C11H9N3O5S/c15-8-1-5(2-9(16)12-8)13-3-6-7(10(13)17)4-20-11(6)14(18)19/h4-5H,1-3H2,(H,12,15,16). The molecule has 1 aromatic rings. The summed E-state index contributed by atoms with van der Waals surface area (Å²) in [6, 6.07) is -0.527. The molecule has 3 rings (SSSR count). The van der Waals surface area contributed by atoms with Crippen LogP contribution in [0.2, 0.25) is 0 Å². The molecule has 104 valence electrons. The Morgan fingerprint density at radius 3 is 2.55 bits per heavy atom. The number of carbonyl (C=O) groups is 3. The van der Waals surface area contributed by atoms with Gasteiger partial charge in [-0.3, -0.25) is 29.8 Å². The molecule has 0 atom stereocenters. The van der Waals surface area contributed by atoms with Crippen LogP contribution in [-0.4, -0.2) is 33.6 Å². The zero-order valence-corrected chi connectivity index (χ0v) is 10.9. The molecular formula is C11H9N3O5S. The highest BCUT2D eigenvalue weighted by molar-refractivity contribution is 7.13. The molecule has 2 aliphatic heterocycles. The van der Waals surface area contributed by atoms with Gasteiger partial charge in [-0.25, -0.2) is 0 Å². The highest BCUT2D eigenvalue weighted by atomic mass is 32.1. The molecule has 0 radical (unpaired) electrons. The van der Waals surface area contributed by atoms with Gasteiger partial charge in [0.2, 0.25) is 11.8 Å². The van der Waals surface area contributed by atoms with Gasteiger partial charge in [-0.15, -0.1) is 0 Å². The van der Waals surface area contributed by atoms with E-state index in [1.165, 1.54) is 10.3 Å². The number of fused-ring (bicyclic) bond motifs is 1. The van der Waals surface area contributed by atoms with Crippen LogP contribution in [0, 0.1) is 10.1 Å². The minimum Gasteiger partial charge on any atom is -0.330 e. The summed E-state index contributed by atoms with van der Waals surface area (Å²) < 4.78 is 0. The number of hydrogen-bond acceptors (Lipinski definition) is 6. The smallest absolute Gasteiger partial charge is 0.329 e. The Morgan fingerprint density at radius 1 is 1.30 bits per heavy atom. The molecule has 0 spiro atoms. The van der Waals surface area contributed by atoms with Crippen LogP contribution < -0.4 is 5.32 Å². The van der Waals surface area contributed by atoms with Crippen LogP contribution >= 0.6 is 11.3 Å². The molecule has 0 saturated carbocycles. The van der Waals surface area contributed by atoms with Crippen molar-refractivity contribution < 1.29 is 19.3 Å². The van der Waals surface area contributed by atoms with Gasteiger partial charge in [0.1, 0.15) is 0 Å². The number of hydrogen-bond donors (Lipinski definition) is 1. The maximum absolute atomic E-state index is 12.2. The molecule has 3 amide bonds. The van der Waals surface area contributed by atoms with Gasteiger partial charge in [-0.2, -0.15) is 0 Å². The molecule has 3 heterocycles. The molecule has 0 unspecified atom stereocenters. The molecule has 0 aromatic carbocycles. The van der Waals surface area contributed by atoms with E-state index in [9.17, 15) is 24.5 Å². The lowest BCUT2D eigenvalue weighted by atomic mass is 10.0. The summed E-state index contributed by atoms with van der Waals surface area (Å²) in [6.07, 6.45) is 0.0813. The molecule has 1 fully saturated rings. The number of amides is 3. The summed E-state index contributed by atoms with van der Waals surface area (Å²) in [6.45, 7) is 0.0825. The molecule has 9 heteroatoms. The average molecular weight is 295 g/mol. The first-order valence-electron chi connectivity index (χ1n) is 5.85. The number of rotatable bonds is 2. The first kappa shape index (κ1) is 12.7. The van der Waals surface area contributed by atoms with E-state index in [1.807, 2.05) is 0 Å². The Balaban J connectivity index is 1.88. The number of nitrogens with zero attached hydrogens (tertiary/aromatic N) is 2. The molecule has 1 aromatic heterocycles. The lowest BCUT2D eigenvalue weighted by Crippen LogP contribution is -2.48. The molecule has 8 nitrogen and oxygen atoms in total. The zero-order chi connectivity index (χ0) is 14.4. The Kier molecular flexibility index (Phi) is 2.78. The van der Waals surface area contributed by atoms with Crippen molar-refractivity contribution in [1.82, 2.24) is 10.2 Å². The first-order valence-corrected chi connectivity index (χ1v) is 6.73. The number of carbonyl (C=O) groups excluding carboxylic acids is 3. The number of thiophene rings is 1. The van der Waals surface area contributed by atoms with Gasteiger partial charge in [-0.05, 0) is 0 Å². The average Bonchev–Trinajstić information content (AvgIpc) is 2.88. The minimum absolute atomic E-state index is 0.0407. The van der Waals surface area contributed by atoms with Crippen molar-refractivity contribution in [2.45, 2.75) is 25.4 Å². The summed E-state index contributed by atoms with van der Waals surface area (Å²) >= 11 is 0.921. The van der Waals surface area contributed by atoms with Crippen LogP contribution in [0.25, 0.3) is 0 Å². The highest BCUT2D eigenvalue weighted by Crippen LogP contribution is 2.38. The van der Waals surface area contributed by atoms with Gasteiger partial charge < -0.3 is 4.90 Å². The van der Waals surface area contributed by atoms with Gasteiger partial charge in [0.15, 0.2) is 0 Å². The van der Waals surface area contributed by atoms with Crippen molar-refractivity contribution in [2.24, 2.45) is 0 Å². The Labute approximate surface area is 116 Å². The number of nitrogens with one attached hydrogen (secondary N) is 1. The van der Waals surface area contributed by atoms with E-state index in [2.05, 4.69) is 5.32 Å². The maximum atomic E-state index is 12.2. The third-order valence-electron chi connectivity index (χ3n) is 3.42. The normalized spacial score (nSPS) is 19.2. The van der Waals surface area contributed by atoms with E-state index in [0.29, 0.717) is 11.1 Å². The molecule has 0 bridgehead atoms. The van der Waals surface area contributed by atoms with Gasteiger partial charge >= 0.3 is 5.00 Å².